The van der Waals surface area contributed by atoms with Gasteiger partial charge >= 0.3 is 0 Å². The summed E-state index contributed by atoms with van der Waals surface area (Å²) < 4.78 is 1.05. The number of thiophene rings is 1. The lowest BCUT2D eigenvalue weighted by Gasteiger charge is -2.27. The zero-order chi connectivity index (χ0) is 20.1. The van der Waals surface area contributed by atoms with Crippen LogP contribution in [0.1, 0.15) is 36.6 Å². The van der Waals surface area contributed by atoms with E-state index in [0.29, 0.717) is 25.4 Å². The van der Waals surface area contributed by atoms with Crippen LogP contribution in [0.4, 0.5) is 5.69 Å². The van der Waals surface area contributed by atoms with Gasteiger partial charge in [0.2, 0.25) is 11.8 Å². The molecule has 148 valence electrons. The van der Waals surface area contributed by atoms with E-state index in [9.17, 15) is 9.59 Å². The van der Waals surface area contributed by atoms with Crippen LogP contribution in [0.3, 0.4) is 0 Å². The van der Waals surface area contributed by atoms with Gasteiger partial charge in [0.1, 0.15) is 0 Å². The maximum Gasteiger partial charge on any atom is 0.230 e. The third-order valence-corrected chi connectivity index (χ3v) is 7.00. The van der Waals surface area contributed by atoms with Gasteiger partial charge in [-0.2, -0.15) is 0 Å². The third-order valence-electron chi connectivity index (χ3n) is 5.64. The Balaban J connectivity index is 1.60. The summed E-state index contributed by atoms with van der Waals surface area (Å²) in [5.74, 6) is -0.189. The standard InChI is InChI=1S/C22H20ClN3O2S/c1-12-2-3-13-8-14(23)9-17(21(13)25-12)16-6-7-24-18-10-15(29-22(16)18)11-26-19(27)4-5-20(26)28/h6-10,12,25H,2-5,11H2,1H3. The number of halogens is 1. The number of benzene rings is 1. The lowest BCUT2D eigenvalue weighted by atomic mass is 9.93. The van der Waals surface area contributed by atoms with Gasteiger partial charge in [-0.05, 0) is 49.6 Å². The molecule has 5 nitrogen and oxygen atoms in total. The van der Waals surface area contributed by atoms with Crippen LogP contribution in [0, 0.1) is 0 Å². The number of carbonyl (C=O) groups excluding carboxylic acids is 2. The Morgan fingerprint density at radius 2 is 1.97 bits per heavy atom. The second-order valence-electron chi connectivity index (χ2n) is 7.73. The second-order valence-corrected chi connectivity index (χ2v) is 9.30. The Kier molecular flexibility index (Phi) is 4.56. The van der Waals surface area contributed by atoms with E-state index in [4.69, 9.17) is 11.6 Å². The van der Waals surface area contributed by atoms with Crippen molar-refractivity contribution in [2.75, 3.05) is 5.32 Å². The van der Waals surface area contributed by atoms with Gasteiger partial charge in [-0.15, -0.1) is 11.3 Å². The molecule has 0 saturated carbocycles. The Labute approximate surface area is 177 Å². The minimum atomic E-state index is -0.0947. The van der Waals surface area contributed by atoms with E-state index in [1.54, 1.807) is 17.5 Å². The van der Waals surface area contributed by atoms with Crippen molar-refractivity contribution in [1.82, 2.24) is 9.88 Å². The van der Waals surface area contributed by atoms with Crippen LogP contribution in [0.2, 0.25) is 5.02 Å². The highest BCUT2D eigenvalue weighted by molar-refractivity contribution is 7.19. The van der Waals surface area contributed by atoms with Crippen molar-refractivity contribution in [2.24, 2.45) is 0 Å². The first-order valence-corrected chi connectivity index (χ1v) is 11.0. The number of carbonyl (C=O) groups is 2. The summed E-state index contributed by atoms with van der Waals surface area (Å²) in [6, 6.07) is 8.46. The molecule has 1 atom stereocenters. The number of fused-ring (bicyclic) bond motifs is 2. The van der Waals surface area contributed by atoms with Gasteiger partial charge in [-0.1, -0.05) is 11.6 Å². The van der Waals surface area contributed by atoms with Crippen LogP contribution in [-0.2, 0) is 22.6 Å². The number of nitrogens with one attached hydrogen (secondary N) is 1. The number of rotatable bonds is 3. The topological polar surface area (TPSA) is 62.3 Å². The average Bonchev–Trinajstić information content (AvgIpc) is 3.25. The van der Waals surface area contributed by atoms with E-state index in [0.717, 1.165) is 49.8 Å². The highest BCUT2D eigenvalue weighted by atomic mass is 35.5. The molecule has 1 fully saturated rings. The fraction of sp³-hybridized carbons (Fsp3) is 0.318. The summed E-state index contributed by atoms with van der Waals surface area (Å²) in [4.78, 5) is 30.8. The zero-order valence-electron chi connectivity index (χ0n) is 16.0. The fourth-order valence-corrected chi connectivity index (χ4v) is 5.54. The van der Waals surface area contributed by atoms with E-state index in [-0.39, 0.29) is 11.8 Å². The van der Waals surface area contributed by atoms with Crippen LogP contribution in [-0.4, -0.2) is 27.7 Å². The third kappa shape index (κ3) is 3.30. The molecule has 1 N–H and O–H groups in total. The first-order valence-electron chi connectivity index (χ1n) is 9.79. The second kappa shape index (κ2) is 7.11. The van der Waals surface area contributed by atoms with Crippen molar-refractivity contribution < 1.29 is 9.59 Å². The quantitative estimate of drug-likeness (QED) is 0.599. The molecule has 2 aliphatic rings. The average molecular weight is 426 g/mol. The number of anilines is 1. The van der Waals surface area contributed by atoms with Crippen molar-refractivity contribution in [3.63, 3.8) is 0 Å². The highest BCUT2D eigenvalue weighted by Crippen LogP contribution is 2.42. The molecule has 2 amide bonds. The lowest BCUT2D eigenvalue weighted by molar-refractivity contribution is -0.138. The Hall–Kier alpha value is -2.44. The smallest absolute Gasteiger partial charge is 0.230 e. The van der Waals surface area contributed by atoms with Crippen LogP contribution in [0.5, 0.6) is 0 Å². The largest absolute Gasteiger partial charge is 0.382 e. The van der Waals surface area contributed by atoms with E-state index in [2.05, 4.69) is 17.2 Å². The summed E-state index contributed by atoms with van der Waals surface area (Å²) in [7, 11) is 0. The Morgan fingerprint density at radius 1 is 1.17 bits per heavy atom. The van der Waals surface area contributed by atoms with Crippen molar-refractivity contribution in [3.8, 4) is 11.1 Å². The molecule has 0 spiro atoms. The molecule has 29 heavy (non-hydrogen) atoms. The predicted molar refractivity (Wildman–Crippen MR) is 116 cm³/mol. The number of hydrogen-bond donors (Lipinski definition) is 1. The molecular formula is C22H20ClN3O2S. The summed E-state index contributed by atoms with van der Waals surface area (Å²) >= 11 is 8.04. The van der Waals surface area contributed by atoms with Crippen molar-refractivity contribution >= 4 is 50.7 Å². The number of nitrogens with zero attached hydrogens (tertiary/aromatic N) is 2. The molecule has 0 aliphatic carbocycles. The molecule has 1 saturated heterocycles. The van der Waals surface area contributed by atoms with Gasteiger partial charge in [0.15, 0.2) is 0 Å². The zero-order valence-corrected chi connectivity index (χ0v) is 17.6. The summed E-state index contributed by atoms with van der Waals surface area (Å²) in [6.07, 6.45) is 4.51. The summed E-state index contributed by atoms with van der Waals surface area (Å²) in [5.41, 5.74) is 5.40. The normalized spacial score (nSPS) is 19.0. The molecule has 5 rings (SSSR count). The highest BCUT2D eigenvalue weighted by Gasteiger charge is 2.29. The molecule has 1 unspecified atom stereocenters. The number of imide groups is 1. The van der Waals surface area contributed by atoms with Gasteiger partial charge in [0, 0.05) is 51.8 Å². The number of amides is 2. The van der Waals surface area contributed by atoms with E-state index in [1.807, 2.05) is 24.3 Å². The Morgan fingerprint density at radius 3 is 2.76 bits per heavy atom. The monoisotopic (exact) mass is 425 g/mol. The molecule has 3 aromatic rings. The number of pyridine rings is 1. The molecule has 7 heteroatoms. The van der Waals surface area contributed by atoms with Crippen LogP contribution >= 0.6 is 22.9 Å². The van der Waals surface area contributed by atoms with Crippen molar-refractivity contribution in [2.45, 2.75) is 45.2 Å². The number of likely N-dealkylation sites (tertiary alicyclic amines) is 1. The molecule has 1 aromatic carbocycles. The fourth-order valence-electron chi connectivity index (χ4n) is 4.17. The minimum Gasteiger partial charge on any atom is -0.382 e. The maximum absolute atomic E-state index is 12.0. The number of aryl methyl sites for hydroxylation is 1. The number of hydrogen-bond acceptors (Lipinski definition) is 5. The molecule has 2 aliphatic heterocycles. The maximum atomic E-state index is 12.0. The van der Waals surface area contributed by atoms with Crippen molar-refractivity contribution in [3.05, 3.63) is 45.9 Å². The van der Waals surface area contributed by atoms with Gasteiger partial charge in [-0.25, -0.2) is 0 Å². The molecule has 2 aromatic heterocycles. The van der Waals surface area contributed by atoms with Crippen LogP contribution in [0.25, 0.3) is 21.3 Å². The predicted octanol–water partition coefficient (Wildman–Crippen LogP) is 5.01. The van der Waals surface area contributed by atoms with Gasteiger partial charge < -0.3 is 5.32 Å². The van der Waals surface area contributed by atoms with E-state index < -0.39 is 0 Å². The van der Waals surface area contributed by atoms with Gasteiger partial charge in [0.05, 0.1) is 16.8 Å². The first-order chi connectivity index (χ1) is 14.0. The summed E-state index contributed by atoms with van der Waals surface area (Å²) in [6.45, 7) is 2.51. The van der Waals surface area contributed by atoms with Gasteiger partial charge in [-0.3, -0.25) is 19.5 Å². The number of aromatic nitrogens is 1. The molecule has 0 bridgehead atoms. The molecular weight excluding hydrogens is 406 g/mol. The van der Waals surface area contributed by atoms with Crippen LogP contribution in [0.15, 0.2) is 30.5 Å². The lowest BCUT2D eigenvalue weighted by Crippen LogP contribution is -2.27. The first kappa shape index (κ1) is 18.6. The SMILES string of the molecule is CC1CCc2cc(Cl)cc(-c3ccnc4cc(CN5C(=O)CCC5=O)sc34)c2N1. The molecule has 0 radical (unpaired) electrons. The summed E-state index contributed by atoms with van der Waals surface area (Å²) in [5, 5.41) is 4.35. The van der Waals surface area contributed by atoms with Gasteiger partial charge in [0.25, 0.3) is 0 Å². The Bertz CT molecular complexity index is 1140. The minimum absolute atomic E-state index is 0.0947. The van der Waals surface area contributed by atoms with E-state index >= 15 is 0 Å². The van der Waals surface area contributed by atoms with E-state index in [1.165, 1.54) is 10.5 Å². The molecule has 4 heterocycles. The van der Waals surface area contributed by atoms with Crippen LogP contribution < -0.4 is 5.32 Å². The van der Waals surface area contributed by atoms with Crippen molar-refractivity contribution in [1.29, 1.82) is 0 Å².